The van der Waals surface area contributed by atoms with Crippen LogP contribution in [0.2, 0.25) is 0 Å². The summed E-state index contributed by atoms with van der Waals surface area (Å²) >= 11 is 0. The van der Waals surface area contributed by atoms with Gasteiger partial charge in [0.15, 0.2) is 0 Å². The van der Waals surface area contributed by atoms with Gasteiger partial charge >= 0.3 is 0 Å². The summed E-state index contributed by atoms with van der Waals surface area (Å²) in [7, 11) is 0. The van der Waals surface area contributed by atoms with Gasteiger partial charge in [-0.2, -0.15) is 0 Å². The van der Waals surface area contributed by atoms with Crippen LogP contribution in [0.4, 0.5) is 0 Å². The van der Waals surface area contributed by atoms with Gasteiger partial charge in [-0.1, -0.05) is 37.6 Å². The Morgan fingerprint density at radius 3 is 2.62 bits per heavy atom. The van der Waals surface area contributed by atoms with Crippen molar-refractivity contribution in [3.8, 4) is 0 Å². The lowest BCUT2D eigenvalue weighted by Gasteiger charge is -2.25. The summed E-state index contributed by atoms with van der Waals surface area (Å²) in [6.07, 6.45) is 11.4. The van der Waals surface area contributed by atoms with Gasteiger partial charge < -0.3 is 0 Å². The topological polar surface area (TPSA) is 34.1 Å². The van der Waals surface area contributed by atoms with Crippen molar-refractivity contribution in [2.24, 2.45) is 23.7 Å². The lowest BCUT2D eigenvalue weighted by Crippen LogP contribution is -2.39. The Morgan fingerprint density at radius 1 is 1.19 bits per heavy atom. The van der Waals surface area contributed by atoms with Crippen molar-refractivity contribution >= 4 is 0 Å². The Balaban J connectivity index is 1.76. The number of fused-ring (bicyclic) bond motifs is 1. The predicted octanol–water partition coefficient (Wildman–Crippen LogP) is 3.32. The Labute approximate surface area is 126 Å². The van der Waals surface area contributed by atoms with E-state index in [4.69, 9.17) is 0 Å². The van der Waals surface area contributed by atoms with Crippen molar-refractivity contribution < 1.29 is 0 Å². The number of allylic oxidation sites excluding steroid dienone is 4. The van der Waals surface area contributed by atoms with Crippen molar-refractivity contribution in [2.45, 2.75) is 46.5 Å². The highest BCUT2D eigenvalue weighted by Crippen LogP contribution is 2.43. The van der Waals surface area contributed by atoms with Crippen LogP contribution in [0.25, 0.3) is 0 Å². The Kier molecular flexibility index (Phi) is 3.73. The van der Waals surface area contributed by atoms with Gasteiger partial charge in [0.25, 0.3) is 0 Å². The van der Waals surface area contributed by atoms with Gasteiger partial charge in [0.05, 0.1) is 0 Å². The van der Waals surface area contributed by atoms with E-state index < -0.39 is 0 Å². The number of hydrogen-bond donors (Lipinski definition) is 0. The first-order valence-electron chi connectivity index (χ1n) is 8.15. The molecule has 1 fully saturated rings. The molecule has 3 atom stereocenters. The average molecular weight is 284 g/mol. The molecule has 1 saturated carbocycles. The molecule has 2 nitrogen and oxygen atoms in total. The minimum Gasteiger partial charge on any atom is -0.285 e. The second-order valence-electron chi connectivity index (χ2n) is 7.24. The highest BCUT2D eigenvalue weighted by molar-refractivity contribution is 5.33. The molecule has 1 aromatic rings. The zero-order valence-electron chi connectivity index (χ0n) is 13.2. The van der Waals surface area contributed by atoms with Crippen LogP contribution < -0.4 is 10.9 Å². The second-order valence-corrected chi connectivity index (χ2v) is 7.24. The highest BCUT2D eigenvalue weighted by Gasteiger charge is 2.36. The summed E-state index contributed by atoms with van der Waals surface area (Å²) in [6, 6.07) is 0. The van der Waals surface area contributed by atoms with E-state index in [9.17, 15) is 9.59 Å². The summed E-state index contributed by atoms with van der Waals surface area (Å²) in [6.45, 7) is 6.30. The normalized spacial score (nSPS) is 28.2. The molecule has 0 amide bonds. The van der Waals surface area contributed by atoms with Crippen molar-refractivity contribution in [2.75, 3.05) is 0 Å². The van der Waals surface area contributed by atoms with Crippen LogP contribution in [0.3, 0.4) is 0 Å². The molecule has 112 valence electrons. The molecule has 0 aliphatic heterocycles. The van der Waals surface area contributed by atoms with E-state index in [1.165, 1.54) is 18.4 Å². The zero-order chi connectivity index (χ0) is 15.1. The van der Waals surface area contributed by atoms with Crippen LogP contribution in [0, 0.1) is 30.6 Å². The summed E-state index contributed by atoms with van der Waals surface area (Å²) in [5.74, 6) is 2.41. The van der Waals surface area contributed by atoms with Gasteiger partial charge in [-0.15, -0.1) is 0 Å². The van der Waals surface area contributed by atoms with Crippen molar-refractivity contribution in [1.82, 2.24) is 0 Å². The molecule has 0 saturated heterocycles. The molecule has 0 spiro atoms. The molecule has 21 heavy (non-hydrogen) atoms. The standard InChI is InChI=1S/C19H24O2/c1-11(2)8-13-4-5-14-6-7-15(17(14)9-13)10-16-12(3)18(20)19(16)21/h4-5,9,11,14-15,17H,6-8,10H2,1-3H3. The third-order valence-corrected chi connectivity index (χ3v) is 5.26. The second kappa shape index (κ2) is 5.40. The maximum atomic E-state index is 11.7. The van der Waals surface area contributed by atoms with Crippen LogP contribution in [0.5, 0.6) is 0 Å². The molecule has 2 aliphatic carbocycles. The maximum Gasteiger partial charge on any atom is 0.229 e. The Morgan fingerprint density at radius 2 is 1.95 bits per heavy atom. The van der Waals surface area contributed by atoms with E-state index in [2.05, 4.69) is 32.1 Å². The molecular formula is C19H24O2. The lowest BCUT2D eigenvalue weighted by atomic mass is 9.79. The molecule has 3 rings (SSSR count). The monoisotopic (exact) mass is 284 g/mol. The molecule has 3 unspecified atom stereocenters. The van der Waals surface area contributed by atoms with Crippen molar-refractivity contribution in [3.05, 3.63) is 55.4 Å². The van der Waals surface area contributed by atoms with E-state index in [1.54, 1.807) is 6.92 Å². The van der Waals surface area contributed by atoms with Gasteiger partial charge in [-0.05, 0) is 56.3 Å². The van der Waals surface area contributed by atoms with Gasteiger partial charge in [0.2, 0.25) is 10.9 Å². The maximum absolute atomic E-state index is 11.7. The number of hydrogen-bond acceptors (Lipinski definition) is 2. The fraction of sp³-hybridized carbons (Fsp3) is 0.579. The van der Waals surface area contributed by atoms with Crippen LogP contribution in [0.15, 0.2) is 33.4 Å². The van der Waals surface area contributed by atoms with E-state index in [0.717, 1.165) is 18.4 Å². The first-order valence-corrected chi connectivity index (χ1v) is 8.15. The first-order chi connectivity index (χ1) is 9.97. The van der Waals surface area contributed by atoms with Gasteiger partial charge in [-0.3, -0.25) is 9.59 Å². The van der Waals surface area contributed by atoms with Crippen LogP contribution in [-0.2, 0) is 6.42 Å². The van der Waals surface area contributed by atoms with Crippen LogP contribution >= 0.6 is 0 Å². The summed E-state index contributed by atoms with van der Waals surface area (Å²) in [4.78, 5) is 23.1. The van der Waals surface area contributed by atoms with Gasteiger partial charge in [0.1, 0.15) is 0 Å². The van der Waals surface area contributed by atoms with Crippen molar-refractivity contribution in [3.63, 3.8) is 0 Å². The quantitative estimate of drug-likeness (QED) is 0.795. The van der Waals surface area contributed by atoms with E-state index in [1.807, 2.05) is 0 Å². The van der Waals surface area contributed by atoms with Gasteiger partial charge in [0, 0.05) is 11.1 Å². The van der Waals surface area contributed by atoms with E-state index in [-0.39, 0.29) is 10.9 Å². The lowest BCUT2D eigenvalue weighted by molar-refractivity contribution is 0.410. The summed E-state index contributed by atoms with van der Waals surface area (Å²) < 4.78 is 0. The first kappa shape index (κ1) is 14.5. The van der Waals surface area contributed by atoms with Crippen molar-refractivity contribution in [1.29, 1.82) is 0 Å². The molecule has 0 bridgehead atoms. The smallest absolute Gasteiger partial charge is 0.229 e. The average Bonchev–Trinajstić information content (AvgIpc) is 2.85. The SMILES string of the molecule is Cc1c(CC2CCC3C=CC(CC(C)C)=CC32)c(=O)c1=O. The minimum absolute atomic E-state index is 0.228. The molecule has 0 aromatic heterocycles. The van der Waals surface area contributed by atoms with Crippen LogP contribution in [-0.4, -0.2) is 0 Å². The Hall–Kier alpha value is -1.44. The van der Waals surface area contributed by atoms with Gasteiger partial charge in [-0.25, -0.2) is 0 Å². The molecule has 2 aliphatic rings. The molecule has 0 heterocycles. The minimum atomic E-state index is -0.265. The molecule has 1 aromatic carbocycles. The summed E-state index contributed by atoms with van der Waals surface area (Å²) in [5.41, 5.74) is 2.47. The molecular weight excluding hydrogens is 260 g/mol. The highest BCUT2D eigenvalue weighted by atomic mass is 16.2. The zero-order valence-corrected chi connectivity index (χ0v) is 13.2. The fourth-order valence-corrected chi connectivity index (χ4v) is 4.08. The molecule has 0 radical (unpaired) electrons. The van der Waals surface area contributed by atoms with Crippen LogP contribution in [0.1, 0.15) is 44.2 Å². The van der Waals surface area contributed by atoms with E-state index in [0.29, 0.717) is 29.2 Å². The molecule has 2 heteroatoms. The third kappa shape index (κ3) is 2.56. The number of rotatable bonds is 4. The molecule has 0 N–H and O–H groups in total. The Bertz CT molecular complexity index is 668. The predicted molar refractivity (Wildman–Crippen MR) is 86.2 cm³/mol. The largest absolute Gasteiger partial charge is 0.285 e. The third-order valence-electron chi connectivity index (χ3n) is 5.26. The van der Waals surface area contributed by atoms with E-state index >= 15 is 0 Å². The fourth-order valence-electron chi connectivity index (χ4n) is 4.08. The summed E-state index contributed by atoms with van der Waals surface area (Å²) in [5, 5.41) is 0.